The van der Waals surface area contributed by atoms with Gasteiger partial charge in [0.25, 0.3) is 0 Å². The predicted molar refractivity (Wildman–Crippen MR) is 82.7 cm³/mol. The van der Waals surface area contributed by atoms with Crippen molar-refractivity contribution in [1.82, 2.24) is 9.78 Å². The highest BCUT2D eigenvalue weighted by molar-refractivity contribution is 5.59. The van der Waals surface area contributed by atoms with Crippen LogP contribution in [0.3, 0.4) is 0 Å². The third-order valence-electron chi connectivity index (χ3n) is 3.11. The van der Waals surface area contributed by atoms with Gasteiger partial charge in [-0.25, -0.2) is 4.68 Å². The standard InChI is InChI=1S/C14H26N4O3/c1-4-6-10-21-11-7-8-15-14-13(18(19)20)12(3)16-17(14)9-5-2/h15H,4-11H2,1-3H3. The summed E-state index contributed by atoms with van der Waals surface area (Å²) in [5.74, 6) is 0.507. The minimum atomic E-state index is -0.366. The smallest absolute Gasteiger partial charge is 0.333 e. The molecule has 7 heteroatoms. The molecular formula is C14H26N4O3. The van der Waals surface area contributed by atoms with Gasteiger partial charge in [0.2, 0.25) is 5.82 Å². The van der Waals surface area contributed by atoms with Gasteiger partial charge in [-0.1, -0.05) is 20.3 Å². The van der Waals surface area contributed by atoms with Crippen molar-refractivity contribution in [2.45, 2.75) is 53.0 Å². The van der Waals surface area contributed by atoms with Gasteiger partial charge in [0, 0.05) is 26.3 Å². The average molecular weight is 298 g/mol. The SMILES string of the molecule is CCCCOCCCNc1c([N+](=O)[O-])c(C)nn1CCC. The van der Waals surface area contributed by atoms with Crippen LogP contribution in [0.4, 0.5) is 11.5 Å². The predicted octanol–water partition coefficient (Wildman–Crippen LogP) is 3.13. The Hall–Kier alpha value is -1.63. The molecule has 0 saturated heterocycles. The number of nitrogens with one attached hydrogen (secondary N) is 1. The van der Waals surface area contributed by atoms with E-state index in [0.717, 1.165) is 32.3 Å². The zero-order valence-corrected chi connectivity index (χ0v) is 13.2. The number of hydrogen-bond donors (Lipinski definition) is 1. The normalized spacial score (nSPS) is 10.8. The van der Waals surface area contributed by atoms with Gasteiger partial charge >= 0.3 is 5.69 Å². The van der Waals surface area contributed by atoms with E-state index in [2.05, 4.69) is 17.3 Å². The number of aryl methyl sites for hydroxylation is 2. The van der Waals surface area contributed by atoms with Crippen LogP contribution < -0.4 is 5.32 Å². The maximum absolute atomic E-state index is 11.2. The zero-order valence-electron chi connectivity index (χ0n) is 13.2. The maximum atomic E-state index is 11.2. The summed E-state index contributed by atoms with van der Waals surface area (Å²) in [5.41, 5.74) is 0.533. The first-order valence-electron chi connectivity index (χ1n) is 7.65. The maximum Gasteiger partial charge on any atom is 0.333 e. The third-order valence-corrected chi connectivity index (χ3v) is 3.11. The molecule has 0 atom stereocenters. The minimum Gasteiger partial charge on any atom is -0.381 e. The molecule has 1 N–H and O–H groups in total. The molecule has 21 heavy (non-hydrogen) atoms. The van der Waals surface area contributed by atoms with Crippen LogP contribution in [-0.4, -0.2) is 34.5 Å². The quantitative estimate of drug-likeness (QED) is 0.385. The Morgan fingerprint density at radius 2 is 2.00 bits per heavy atom. The van der Waals surface area contributed by atoms with Crippen LogP contribution in [0.2, 0.25) is 0 Å². The van der Waals surface area contributed by atoms with Gasteiger partial charge in [0.1, 0.15) is 5.69 Å². The molecule has 1 aromatic rings. The van der Waals surface area contributed by atoms with Gasteiger partial charge in [-0.15, -0.1) is 0 Å². The monoisotopic (exact) mass is 298 g/mol. The number of hydrogen-bond acceptors (Lipinski definition) is 5. The van der Waals surface area contributed by atoms with Crippen molar-refractivity contribution >= 4 is 11.5 Å². The van der Waals surface area contributed by atoms with Gasteiger partial charge in [0.15, 0.2) is 0 Å². The fraction of sp³-hybridized carbons (Fsp3) is 0.786. The van der Waals surface area contributed by atoms with Crippen molar-refractivity contribution in [2.24, 2.45) is 0 Å². The van der Waals surface area contributed by atoms with Crippen LogP contribution in [0.25, 0.3) is 0 Å². The van der Waals surface area contributed by atoms with Crippen LogP contribution in [0, 0.1) is 17.0 Å². The minimum absolute atomic E-state index is 0.0790. The van der Waals surface area contributed by atoms with E-state index in [9.17, 15) is 10.1 Å². The van der Waals surface area contributed by atoms with Crippen molar-refractivity contribution in [3.8, 4) is 0 Å². The zero-order chi connectivity index (χ0) is 15.7. The Morgan fingerprint density at radius 3 is 2.62 bits per heavy atom. The summed E-state index contributed by atoms with van der Waals surface area (Å²) in [4.78, 5) is 10.8. The molecule has 0 bridgehead atoms. The largest absolute Gasteiger partial charge is 0.381 e. The summed E-state index contributed by atoms with van der Waals surface area (Å²) >= 11 is 0. The molecule has 0 fully saturated rings. The molecule has 0 amide bonds. The fourth-order valence-electron chi connectivity index (χ4n) is 2.07. The molecule has 0 spiro atoms. The topological polar surface area (TPSA) is 82.2 Å². The third kappa shape index (κ3) is 5.34. The number of rotatable bonds is 11. The van der Waals surface area contributed by atoms with Crippen molar-refractivity contribution < 1.29 is 9.66 Å². The first-order chi connectivity index (χ1) is 10.1. The van der Waals surface area contributed by atoms with Crippen molar-refractivity contribution in [2.75, 3.05) is 25.1 Å². The Labute approximate surface area is 125 Å². The van der Waals surface area contributed by atoms with E-state index in [1.807, 2.05) is 6.92 Å². The van der Waals surface area contributed by atoms with Crippen molar-refractivity contribution in [3.05, 3.63) is 15.8 Å². The molecule has 1 heterocycles. The number of aromatic nitrogens is 2. The molecule has 1 aromatic heterocycles. The first-order valence-corrected chi connectivity index (χ1v) is 7.65. The lowest BCUT2D eigenvalue weighted by Crippen LogP contribution is -2.12. The number of nitro groups is 1. The average Bonchev–Trinajstić information content (AvgIpc) is 2.74. The molecule has 0 saturated carbocycles. The summed E-state index contributed by atoms with van der Waals surface area (Å²) in [6.07, 6.45) is 3.89. The van der Waals surface area contributed by atoms with E-state index in [4.69, 9.17) is 4.74 Å². The van der Waals surface area contributed by atoms with E-state index < -0.39 is 0 Å². The molecule has 0 aliphatic carbocycles. The second kappa shape index (κ2) is 9.33. The van der Waals surface area contributed by atoms with Crippen LogP contribution in [0.15, 0.2) is 0 Å². The lowest BCUT2D eigenvalue weighted by atomic mass is 10.3. The second-order valence-corrected chi connectivity index (χ2v) is 5.01. The number of unbranched alkanes of at least 4 members (excludes halogenated alkanes) is 1. The van der Waals surface area contributed by atoms with Crippen molar-refractivity contribution in [3.63, 3.8) is 0 Å². The Kier molecular flexibility index (Phi) is 7.74. The number of nitrogens with zero attached hydrogens (tertiary/aromatic N) is 3. The number of ether oxygens (including phenoxy) is 1. The lowest BCUT2D eigenvalue weighted by Gasteiger charge is -2.08. The Bertz CT molecular complexity index is 446. The Balaban J connectivity index is 2.54. The van der Waals surface area contributed by atoms with Crippen LogP contribution in [0.1, 0.15) is 45.2 Å². The summed E-state index contributed by atoms with van der Waals surface area (Å²) < 4.78 is 7.16. The van der Waals surface area contributed by atoms with Gasteiger partial charge in [-0.3, -0.25) is 10.1 Å². The van der Waals surface area contributed by atoms with Gasteiger partial charge < -0.3 is 10.1 Å². The van der Waals surface area contributed by atoms with E-state index in [0.29, 0.717) is 31.2 Å². The summed E-state index contributed by atoms with van der Waals surface area (Å²) in [6, 6.07) is 0. The lowest BCUT2D eigenvalue weighted by molar-refractivity contribution is -0.384. The molecule has 7 nitrogen and oxygen atoms in total. The van der Waals surface area contributed by atoms with E-state index in [1.165, 1.54) is 0 Å². The Morgan fingerprint density at radius 1 is 1.29 bits per heavy atom. The molecular weight excluding hydrogens is 272 g/mol. The molecule has 0 aliphatic heterocycles. The molecule has 0 radical (unpaired) electrons. The van der Waals surface area contributed by atoms with Gasteiger partial charge in [-0.2, -0.15) is 5.10 Å². The summed E-state index contributed by atoms with van der Waals surface area (Å²) in [6.45, 7) is 8.58. The highest BCUT2D eigenvalue weighted by Crippen LogP contribution is 2.28. The fourth-order valence-corrected chi connectivity index (χ4v) is 2.07. The van der Waals surface area contributed by atoms with Crippen LogP contribution in [-0.2, 0) is 11.3 Å². The van der Waals surface area contributed by atoms with E-state index >= 15 is 0 Å². The molecule has 120 valence electrons. The molecule has 0 aromatic carbocycles. The first kappa shape index (κ1) is 17.4. The highest BCUT2D eigenvalue weighted by Gasteiger charge is 2.24. The van der Waals surface area contributed by atoms with Crippen molar-refractivity contribution in [1.29, 1.82) is 0 Å². The number of anilines is 1. The molecule has 1 rings (SSSR count). The van der Waals surface area contributed by atoms with Gasteiger partial charge in [0.05, 0.1) is 4.92 Å². The van der Waals surface area contributed by atoms with E-state index in [-0.39, 0.29) is 10.6 Å². The summed E-state index contributed by atoms with van der Waals surface area (Å²) in [7, 11) is 0. The highest BCUT2D eigenvalue weighted by atomic mass is 16.6. The summed E-state index contributed by atoms with van der Waals surface area (Å²) in [5, 5.41) is 18.5. The van der Waals surface area contributed by atoms with Crippen LogP contribution >= 0.6 is 0 Å². The molecule has 0 unspecified atom stereocenters. The molecule has 0 aliphatic rings. The van der Waals surface area contributed by atoms with Gasteiger partial charge in [-0.05, 0) is 26.2 Å². The van der Waals surface area contributed by atoms with E-state index in [1.54, 1.807) is 11.6 Å². The van der Waals surface area contributed by atoms with Crippen LogP contribution in [0.5, 0.6) is 0 Å². The second-order valence-electron chi connectivity index (χ2n) is 5.01.